The fourth-order valence-corrected chi connectivity index (χ4v) is 1.36. The zero-order valence-corrected chi connectivity index (χ0v) is 8.60. The number of amides is 1. The zero-order valence-electron chi connectivity index (χ0n) is 7.78. The first-order valence-corrected chi connectivity index (χ1v) is 4.55. The molecule has 2 aromatic rings. The lowest BCUT2D eigenvalue weighted by atomic mass is 10.4. The molecule has 0 bridgehead atoms. The highest BCUT2D eigenvalue weighted by atomic mass is 32.1. The Hall–Kier alpha value is -1.84. The maximum absolute atomic E-state index is 11.1. The van der Waals surface area contributed by atoms with Crippen LogP contribution >= 0.6 is 12.6 Å². The number of carbonyl (C=O) groups excluding carboxylic acids is 1. The molecule has 2 heterocycles. The maximum atomic E-state index is 11.1. The Labute approximate surface area is 94.3 Å². The monoisotopic (exact) mass is 240 g/mol. The van der Waals surface area contributed by atoms with E-state index in [0.717, 1.165) is 0 Å². The lowest BCUT2D eigenvalue weighted by molar-refractivity contribution is 0.0700. The summed E-state index contributed by atoms with van der Waals surface area (Å²) in [6.07, 6.45) is 0. The Balaban J connectivity index is 2.61. The van der Waals surface area contributed by atoms with Gasteiger partial charge in [0.15, 0.2) is 5.82 Å². The summed E-state index contributed by atoms with van der Waals surface area (Å²) in [5, 5.41) is 21.3. The van der Waals surface area contributed by atoms with Gasteiger partial charge in [0.1, 0.15) is 17.3 Å². The van der Waals surface area contributed by atoms with Crippen LogP contribution in [0.5, 0.6) is 0 Å². The molecule has 1 amide bonds. The number of nitrogens with one attached hydrogen (secondary N) is 1. The summed E-state index contributed by atoms with van der Waals surface area (Å²) >= 11 is 4.95. The molecule has 8 nitrogen and oxygen atoms in total. The van der Waals surface area contributed by atoms with Crippen molar-refractivity contribution in [2.75, 3.05) is 0 Å². The van der Waals surface area contributed by atoms with Crippen molar-refractivity contribution in [1.29, 1.82) is 0 Å². The Morgan fingerprint density at radius 3 is 2.94 bits per heavy atom. The van der Waals surface area contributed by atoms with E-state index in [0.29, 0.717) is 0 Å². The van der Waals surface area contributed by atoms with Gasteiger partial charge in [-0.3, -0.25) is 10.0 Å². The molecule has 2 aromatic heterocycles. The molecule has 0 aliphatic heterocycles. The van der Waals surface area contributed by atoms with Gasteiger partial charge in [-0.05, 0) is 0 Å². The van der Waals surface area contributed by atoms with Crippen LogP contribution in [0.15, 0.2) is 11.1 Å². The highest BCUT2D eigenvalue weighted by molar-refractivity contribution is 7.80. The number of aliphatic hydroxyl groups excluding tert-OH is 1. The second-order valence-electron chi connectivity index (χ2n) is 2.82. The van der Waals surface area contributed by atoms with Crippen LogP contribution in [0.4, 0.5) is 0 Å². The number of aliphatic hydroxyl groups is 1. The standard InChI is InChI=1S/C7H6N5O3S/c13-2-4-9-7-8-3(6(14)11-15)1-5(16)12(7)10-4/h1,13,15H,2H2,(H,11,14). The molecule has 0 atom stereocenters. The Bertz CT molecular complexity index is 554. The number of hydrogen-bond acceptors (Lipinski definition) is 6. The van der Waals surface area contributed by atoms with Gasteiger partial charge in [-0.15, -0.1) is 5.10 Å². The number of rotatable bonds is 2. The molecule has 0 saturated heterocycles. The average Bonchev–Trinajstić information content (AvgIpc) is 2.71. The van der Waals surface area contributed by atoms with Crippen molar-refractivity contribution < 1.29 is 15.1 Å². The molecular weight excluding hydrogens is 234 g/mol. The number of hydrogen-bond donors (Lipinski definition) is 3. The van der Waals surface area contributed by atoms with Gasteiger partial charge in [0.05, 0.1) is 0 Å². The first kappa shape index (κ1) is 10.7. The number of fused-ring (bicyclic) bond motifs is 1. The van der Waals surface area contributed by atoms with Crippen LogP contribution in [-0.4, -0.2) is 35.8 Å². The Morgan fingerprint density at radius 1 is 1.56 bits per heavy atom. The smallest absolute Gasteiger partial charge is 0.293 e. The van der Waals surface area contributed by atoms with Gasteiger partial charge < -0.3 is 5.11 Å². The third kappa shape index (κ3) is 1.66. The third-order valence-corrected chi connectivity index (χ3v) is 2.09. The van der Waals surface area contributed by atoms with Gasteiger partial charge in [-0.25, -0.2) is 10.5 Å². The Morgan fingerprint density at radius 2 is 2.31 bits per heavy atom. The predicted molar refractivity (Wildman–Crippen MR) is 51.8 cm³/mol. The van der Waals surface area contributed by atoms with Crippen molar-refractivity contribution in [2.24, 2.45) is 0 Å². The highest BCUT2D eigenvalue weighted by Crippen LogP contribution is 2.10. The second kappa shape index (κ2) is 3.96. The Kier molecular flexibility index (Phi) is 2.64. The van der Waals surface area contributed by atoms with E-state index in [9.17, 15) is 4.79 Å². The van der Waals surface area contributed by atoms with Crippen molar-refractivity contribution in [3.63, 3.8) is 0 Å². The fraction of sp³-hybridized carbons (Fsp3) is 0.143. The van der Waals surface area contributed by atoms with Crippen molar-refractivity contribution in [1.82, 2.24) is 25.1 Å². The first-order valence-electron chi connectivity index (χ1n) is 4.14. The van der Waals surface area contributed by atoms with E-state index in [-0.39, 0.29) is 28.9 Å². The van der Waals surface area contributed by atoms with Gasteiger partial charge >= 0.3 is 0 Å². The lowest BCUT2D eigenvalue weighted by Crippen LogP contribution is -2.20. The van der Waals surface area contributed by atoms with E-state index in [2.05, 4.69) is 15.1 Å². The first-order chi connectivity index (χ1) is 7.65. The van der Waals surface area contributed by atoms with E-state index in [1.165, 1.54) is 16.1 Å². The van der Waals surface area contributed by atoms with E-state index in [4.69, 9.17) is 22.9 Å². The minimum Gasteiger partial charge on any atom is -0.388 e. The fourth-order valence-electron chi connectivity index (χ4n) is 1.12. The minimum absolute atomic E-state index is 0.0723. The SMILES string of the molecule is O=C(NO)c1cc([S])n2nc(CO)nc2n1. The average molecular weight is 240 g/mol. The molecule has 0 spiro atoms. The summed E-state index contributed by atoms with van der Waals surface area (Å²) in [6, 6.07) is 1.27. The number of hydroxylamine groups is 1. The van der Waals surface area contributed by atoms with Gasteiger partial charge in [0.2, 0.25) is 0 Å². The van der Waals surface area contributed by atoms with Gasteiger partial charge in [0.25, 0.3) is 11.7 Å². The van der Waals surface area contributed by atoms with Crippen molar-refractivity contribution in [3.8, 4) is 0 Å². The summed E-state index contributed by atoms with van der Waals surface area (Å²) in [4.78, 5) is 18.8. The maximum Gasteiger partial charge on any atom is 0.293 e. The predicted octanol–water partition coefficient (Wildman–Crippen LogP) is -0.708. The molecular formula is C7H6N5O3S. The van der Waals surface area contributed by atoms with Crippen molar-refractivity contribution >= 4 is 24.3 Å². The molecule has 0 fully saturated rings. The number of carbonyl (C=O) groups is 1. The topological polar surface area (TPSA) is 113 Å². The molecule has 3 N–H and O–H groups in total. The van der Waals surface area contributed by atoms with Crippen LogP contribution in [0.1, 0.15) is 16.3 Å². The normalized spacial score (nSPS) is 10.6. The van der Waals surface area contributed by atoms with Gasteiger partial charge in [-0.2, -0.15) is 9.50 Å². The van der Waals surface area contributed by atoms with Gasteiger partial charge in [-0.1, -0.05) is 12.6 Å². The van der Waals surface area contributed by atoms with Crippen LogP contribution in [-0.2, 0) is 6.61 Å². The summed E-state index contributed by atoms with van der Waals surface area (Å²) in [6.45, 7) is -0.348. The highest BCUT2D eigenvalue weighted by Gasteiger charge is 2.13. The summed E-state index contributed by atoms with van der Waals surface area (Å²) in [5.41, 5.74) is 1.37. The molecule has 0 unspecified atom stereocenters. The molecule has 0 aromatic carbocycles. The second-order valence-corrected chi connectivity index (χ2v) is 3.24. The summed E-state index contributed by atoms with van der Waals surface area (Å²) in [5.74, 6) is -0.544. The molecule has 83 valence electrons. The minimum atomic E-state index is -0.790. The van der Waals surface area contributed by atoms with Crippen LogP contribution in [0, 0.1) is 0 Å². The van der Waals surface area contributed by atoms with E-state index < -0.39 is 5.91 Å². The van der Waals surface area contributed by atoms with Gasteiger partial charge in [0, 0.05) is 6.07 Å². The molecule has 0 aliphatic carbocycles. The largest absolute Gasteiger partial charge is 0.388 e. The lowest BCUT2D eigenvalue weighted by Gasteiger charge is -1.99. The number of nitrogens with zero attached hydrogens (tertiary/aromatic N) is 4. The van der Waals surface area contributed by atoms with Crippen LogP contribution < -0.4 is 5.48 Å². The number of aromatic nitrogens is 4. The van der Waals surface area contributed by atoms with E-state index in [1.807, 2.05) is 0 Å². The molecule has 0 saturated carbocycles. The molecule has 0 aliphatic rings. The molecule has 9 heteroatoms. The van der Waals surface area contributed by atoms with E-state index in [1.54, 1.807) is 0 Å². The van der Waals surface area contributed by atoms with Crippen LogP contribution in [0.2, 0.25) is 0 Å². The molecule has 2 rings (SSSR count). The van der Waals surface area contributed by atoms with E-state index >= 15 is 0 Å². The third-order valence-electron chi connectivity index (χ3n) is 1.80. The summed E-state index contributed by atoms with van der Waals surface area (Å²) < 4.78 is 1.22. The van der Waals surface area contributed by atoms with Crippen molar-refractivity contribution in [2.45, 2.75) is 11.6 Å². The van der Waals surface area contributed by atoms with Crippen molar-refractivity contribution in [3.05, 3.63) is 17.6 Å². The summed E-state index contributed by atoms with van der Waals surface area (Å²) in [7, 11) is 0. The molecule has 1 radical (unpaired) electrons. The van der Waals surface area contributed by atoms with Crippen LogP contribution in [0.3, 0.4) is 0 Å². The quantitative estimate of drug-likeness (QED) is 0.363. The molecule has 16 heavy (non-hydrogen) atoms. The zero-order chi connectivity index (χ0) is 11.7. The van der Waals surface area contributed by atoms with Crippen LogP contribution in [0.25, 0.3) is 5.78 Å².